The molecule has 0 aliphatic rings. The van der Waals surface area contributed by atoms with Crippen LogP contribution < -0.4 is 5.73 Å². The summed E-state index contributed by atoms with van der Waals surface area (Å²) < 4.78 is 0. The number of rotatable bonds is 8. The second-order valence-electron chi connectivity index (χ2n) is 5.46. The maximum Gasteiger partial charge on any atom is 0.222 e. The lowest BCUT2D eigenvalue weighted by Crippen LogP contribution is -2.32. The van der Waals surface area contributed by atoms with E-state index in [1.54, 1.807) is 11.3 Å². The van der Waals surface area contributed by atoms with Crippen LogP contribution in [0.15, 0.2) is 42.5 Å². The summed E-state index contributed by atoms with van der Waals surface area (Å²) in [5.74, 6) is 0.201. The fourth-order valence-electron chi connectivity index (χ4n) is 2.37. The SMILES string of the molecule is Cc1ccc(CN(CCc2ccccc2)C(=O)CCCN)s1.Cl. The minimum atomic E-state index is 0. The summed E-state index contributed by atoms with van der Waals surface area (Å²) in [5.41, 5.74) is 6.79. The summed E-state index contributed by atoms with van der Waals surface area (Å²) in [7, 11) is 0. The molecule has 3 nitrogen and oxygen atoms in total. The molecular formula is C18H25ClN2OS. The molecule has 0 saturated heterocycles. The summed E-state index contributed by atoms with van der Waals surface area (Å²) >= 11 is 1.76. The van der Waals surface area contributed by atoms with Crippen LogP contribution in [-0.4, -0.2) is 23.9 Å². The van der Waals surface area contributed by atoms with Crippen molar-refractivity contribution in [3.05, 3.63) is 57.8 Å². The third kappa shape index (κ3) is 6.73. The van der Waals surface area contributed by atoms with Gasteiger partial charge in [0.15, 0.2) is 0 Å². The maximum atomic E-state index is 12.4. The third-order valence-electron chi connectivity index (χ3n) is 3.60. The first-order valence-corrected chi connectivity index (χ1v) is 8.58. The van der Waals surface area contributed by atoms with Crippen LogP contribution in [0, 0.1) is 6.92 Å². The minimum absolute atomic E-state index is 0. The molecule has 0 saturated carbocycles. The van der Waals surface area contributed by atoms with Crippen molar-refractivity contribution in [2.24, 2.45) is 5.73 Å². The molecule has 1 heterocycles. The molecule has 1 amide bonds. The van der Waals surface area contributed by atoms with E-state index in [1.165, 1.54) is 15.3 Å². The molecule has 0 unspecified atom stereocenters. The van der Waals surface area contributed by atoms with Gasteiger partial charge >= 0.3 is 0 Å². The molecule has 0 radical (unpaired) electrons. The Balaban J connectivity index is 0.00000264. The summed E-state index contributed by atoms with van der Waals surface area (Å²) in [6, 6.07) is 14.5. The second-order valence-corrected chi connectivity index (χ2v) is 6.83. The van der Waals surface area contributed by atoms with E-state index in [0.29, 0.717) is 19.5 Å². The summed E-state index contributed by atoms with van der Waals surface area (Å²) in [6.45, 7) is 4.12. The van der Waals surface area contributed by atoms with Crippen molar-refractivity contribution < 1.29 is 4.79 Å². The van der Waals surface area contributed by atoms with E-state index in [4.69, 9.17) is 5.73 Å². The van der Waals surface area contributed by atoms with Crippen molar-refractivity contribution in [2.45, 2.75) is 32.7 Å². The van der Waals surface area contributed by atoms with Crippen LogP contribution in [0.4, 0.5) is 0 Å². The minimum Gasteiger partial charge on any atom is -0.337 e. The van der Waals surface area contributed by atoms with Crippen molar-refractivity contribution >= 4 is 29.7 Å². The molecule has 0 aliphatic heterocycles. The summed E-state index contributed by atoms with van der Waals surface area (Å²) in [6.07, 6.45) is 2.18. The molecule has 1 aromatic carbocycles. The summed E-state index contributed by atoms with van der Waals surface area (Å²) in [5, 5.41) is 0. The van der Waals surface area contributed by atoms with Gasteiger partial charge in [-0.15, -0.1) is 23.7 Å². The number of benzene rings is 1. The maximum absolute atomic E-state index is 12.4. The van der Waals surface area contributed by atoms with Crippen molar-refractivity contribution in [1.29, 1.82) is 0 Å². The van der Waals surface area contributed by atoms with Gasteiger partial charge in [-0.25, -0.2) is 0 Å². The lowest BCUT2D eigenvalue weighted by atomic mass is 10.1. The molecule has 1 aromatic heterocycles. The fourth-order valence-corrected chi connectivity index (χ4v) is 3.28. The van der Waals surface area contributed by atoms with Gasteiger partial charge in [0.1, 0.15) is 0 Å². The monoisotopic (exact) mass is 352 g/mol. The van der Waals surface area contributed by atoms with Crippen LogP contribution in [-0.2, 0) is 17.8 Å². The highest BCUT2D eigenvalue weighted by Gasteiger charge is 2.14. The molecule has 0 atom stereocenters. The molecule has 5 heteroatoms. The van der Waals surface area contributed by atoms with Gasteiger partial charge in [-0.2, -0.15) is 0 Å². The number of carbonyl (C=O) groups excluding carboxylic acids is 1. The largest absolute Gasteiger partial charge is 0.337 e. The van der Waals surface area contributed by atoms with Gasteiger partial charge in [0.2, 0.25) is 5.91 Å². The highest BCUT2D eigenvalue weighted by atomic mass is 35.5. The quantitative estimate of drug-likeness (QED) is 0.785. The van der Waals surface area contributed by atoms with Crippen molar-refractivity contribution in [3.8, 4) is 0 Å². The Morgan fingerprint density at radius 1 is 1.17 bits per heavy atom. The number of amides is 1. The Kier molecular flexibility index (Phi) is 8.92. The van der Waals surface area contributed by atoms with Crippen LogP contribution >= 0.6 is 23.7 Å². The molecule has 2 aromatic rings. The van der Waals surface area contributed by atoms with Crippen molar-refractivity contribution in [1.82, 2.24) is 4.90 Å². The smallest absolute Gasteiger partial charge is 0.222 e. The van der Waals surface area contributed by atoms with Crippen LogP contribution in [0.2, 0.25) is 0 Å². The molecular weight excluding hydrogens is 328 g/mol. The molecule has 2 rings (SSSR count). The van der Waals surface area contributed by atoms with E-state index >= 15 is 0 Å². The van der Waals surface area contributed by atoms with Crippen LogP contribution in [0.3, 0.4) is 0 Å². The zero-order valence-corrected chi connectivity index (χ0v) is 15.2. The molecule has 0 spiro atoms. The fraction of sp³-hybridized carbons (Fsp3) is 0.389. The van der Waals surface area contributed by atoms with Crippen LogP contribution in [0.25, 0.3) is 0 Å². The van der Waals surface area contributed by atoms with Gasteiger partial charge in [-0.1, -0.05) is 30.3 Å². The first-order valence-electron chi connectivity index (χ1n) is 7.76. The molecule has 0 bridgehead atoms. The predicted molar refractivity (Wildman–Crippen MR) is 100 cm³/mol. The molecule has 0 fully saturated rings. The predicted octanol–water partition coefficient (Wildman–Crippen LogP) is 3.79. The number of thiophene rings is 1. The Morgan fingerprint density at radius 2 is 1.91 bits per heavy atom. The average molecular weight is 353 g/mol. The number of carbonyl (C=O) groups is 1. The van der Waals surface area contributed by atoms with Gasteiger partial charge < -0.3 is 10.6 Å². The van der Waals surface area contributed by atoms with E-state index < -0.39 is 0 Å². The Morgan fingerprint density at radius 3 is 2.52 bits per heavy atom. The number of hydrogen-bond donors (Lipinski definition) is 1. The highest BCUT2D eigenvalue weighted by Crippen LogP contribution is 2.18. The lowest BCUT2D eigenvalue weighted by molar-refractivity contribution is -0.131. The van der Waals surface area contributed by atoms with Gasteiger partial charge in [0.25, 0.3) is 0 Å². The molecule has 0 aliphatic carbocycles. The number of nitrogens with zero attached hydrogens (tertiary/aromatic N) is 1. The Labute approximate surface area is 148 Å². The molecule has 2 N–H and O–H groups in total. The number of halogens is 1. The summed E-state index contributed by atoms with van der Waals surface area (Å²) in [4.78, 5) is 16.9. The Bertz CT molecular complexity index is 586. The number of aryl methyl sites for hydroxylation is 1. The highest BCUT2D eigenvalue weighted by molar-refractivity contribution is 7.11. The Hall–Kier alpha value is -1.36. The first kappa shape index (κ1) is 19.7. The molecule has 23 heavy (non-hydrogen) atoms. The van der Waals surface area contributed by atoms with Crippen LogP contribution in [0.5, 0.6) is 0 Å². The van der Waals surface area contributed by atoms with Gasteiger partial charge in [-0.3, -0.25) is 4.79 Å². The lowest BCUT2D eigenvalue weighted by Gasteiger charge is -2.22. The van der Waals surface area contributed by atoms with E-state index in [-0.39, 0.29) is 18.3 Å². The van der Waals surface area contributed by atoms with E-state index in [2.05, 4.69) is 31.2 Å². The van der Waals surface area contributed by atoms with Gasteiger partial charge in [-0.05, 0) is 44.0 Å². The van der Waals surface area contributed by atoms with Gasteiger partial charge in [0, 0.05) is 22.7 Å². The number of nitrogens with two attached hydrogens (primary N) is 1. The topological polar surface area (TPSA) is 46.3 Å². The number of hydrogen-bond acceptors (Lipinski definition) is 3. The molecule has 126 valence electrons. The zero-order valence-electron chi connectivity index (χ0n) is 13.5. The van der Waals surface area contributed by atoms with E-state index in [9.17, 15) is 4.79 Å². The normalized spacial score (nSPS) is 10.2. The average Bonchev–Trinajstić information content (AvgIpc) is 2.95. The van der Waals surface area contributed by atoms with E-state index in [0.717, 1.165) is 19.4 Å². The standard InChI is InChI=1S/C18H24N2OS.ClH/c1-15-9-10-17(22-15)14-20(18(21)8-5-12-19)13-11-16-6-3-2-4-7-16;/h2-4,6-7,9-10H,5,8,11-14,19H2,1H3;1H. The first-order chi connectivity index (χ1) is 10.7. The van der Waals surface area contributed by atoms with Gasteiger partial charge in [0.05, 0.1) is 6.54 Å². The third-order valence-corrected chi connectivity index (χ3v) is 4.59. The second kappa shape index (κ2) is 10.4. The van der Waals surface area contributed by atoms with Crippen LogP contribution in [0.1, 0.15) is 28.2 Å². The van der Waals surface area contributed by atoms with E-state index in [1.807, 2.05) is 23.1 Å². The zero-order chi connectivity index (χ0) is 15.8. The van der Waals surface area contributed by atoms with Crippen molar-refractivity contribution in [3.63, 3.8) is 0 Å². The van der Waals surface area contributed by atoms with Crippen molar-refractivity contribution in [2.75, 3.05) is 13.1 Å².